The summed E-state index contributed by atoms with van der Waals surface area (Å²) >= 11 is 2.40. The van der Waals surface area contributed by atoms with Gasteiger partial charge in [-0.1, -0.05) is 17.8 Å². The van der Waals surface area contributed by atoms with Gasteiger partial charge in [-0.3, -0.25) is 9.59 Å². The van der Waals surface area contributed by atoms with Gasteiger partial charge in [0, 0.05) is 29.4 Å². The Morgan fingerprint density at radius 1 is 1.09 bits per heavy atom. The first kappa shape index (κ1) is 22.2. The summed E-state index contributed by atoms with van der Waals surface area (Å²) < 4.78 is 38.6. The first-order valence-electron chi connectivity index (χ1n) is 9.31. The number of benzene rings is 1. The van der Waals surface area contributed by atoms with Gasteiger partial charge in [-0.25, -0.2) is 9.97 Å². The average Bonchev–Trinajstić information content (AvgIpc) is 2.74. The smallest absolute Gasteiger partial charge is 0.326 e. The van der Waals surface area contributed by atoms with Gasteiger partial charge in [0.15, 0.2) is 0 Å². The van der Waals surface area contributed by atoms with Crippen LogP contribution in [0.15, 0.2) is 75.9 Å². The van der Waals surface area contributed by atoms with E-state index in [1.165, 1.54) is 17.8 Å². The van der Waals surface area contributed by atoms with Gasteiger partial charge >= 0.3 is 6.18 Å². The normalized spacial score (nSPS) is 15.6. The average molecular weight is 477 g/mol. The number of pyridine rings is 2. The third-order valence-corrected chi connectivity index (χ3v) is 6.52. The Balaban J connectivity index is 1.39. The van der Waals surface area contributed by atoms with E-state index in [2.05, 4.69) is 20.6 Å². The molecule has 0 fully saturated rings. The number of carbonyl (C=O) groups excluding carboxylic acids is 2. The van der Waals surface area contributed by atoms with Crippen LogP contribution in [0.2, 0.25) is 0 Å². The molecule has 2 aromatic heterocycles. The summed E-state index contributed by atoms with van der Waals surface area (Å²) in [6.45, 7) is 0. The number of fused-ring (bicyclic) bond motifs is 1. The van der Waals surface area contributed by atoms with E-state index >= 15 is 0 Å². The SMILES string of the molecule is O=C(C[C@@H]1Sc2ccc(C(F)(F)F)cc2NC1=O)Nc1ccnc(Sc2ccccn2)c1. The molecule has 0 aliphatic carbocycles. The summed E-state index contributed by atoms with van der Waals surface area (Å²) in [5.74, 6) is -0.911. The largest absolute Gasteiger partial charge is 0.416 e. The highest BCUT2D eigenvalue weighted by molar-refractivity contribution is 8.01. The highest BCUT2D eigenvalue weighted by Crippen LogP contribution is 2.40. The summed E-state index contributed by atoms with van der Waals surface area (Å²) in [5, 5.41) is 5.84. The molecule has 0 saturated carbocycles. The molecule has 11 heteroatoms. The summed E-state index contributed by atoms with van der Waals surface area (Å²) in [4.78, 5) is 33.8. The van der Waals surface area contributed by atoms with Crippen LogP contribution in [0.3, 0.4) is 0 Å². The number of amides is 2. The first-order chi connectivity index (χ1) is 15.3. The maximum atomic E-state index is 12.9. The minimum Gasteiger partial charge on any atom is -0.326 e. The molecule has 32 heavy (non-hydrogen) atoms. The number of alkyl halides is 3. The lowest BCUT2D eigenvalue weighted by Crippen LogP contribution is -2.32. The molecule has 0 saturated heterocycles. The standard InChI is InChI=1S/C21H15F3N4O2S2/c22-21(23,24)12-4-5-15-14(9-12)28-20(30)16(31-15)11-17(29)27-13-6-8-26-19(10-13)32-18-3-1-2-7-25-18/h1-10,16H,11H2,(H,28,30)(H,26,27,29)/t16-/m0/s1. The molecule has 0 spiro atoms. The van der Waals surface area contributed by atoms with Crippen LogP contribution in [0.25, 0.3) is 0 Å². The topological polar surface area (TPSA) is 84.0 Å². The van der Waals surface area contributed by atoms with Gasteiger partial charge in [0.1, 0.15) is 10.1 Å². The summed E-state index contributed by atoms with van der Waals surface area (Å²) in [5.41, 5.74) is -0.234. The third kappa shape index (κ3) is 5.40. The van der Waals surface area contributed by atoms with Crippen molar-refractivity contribution in [3.63, 3.8) is 0 Å². The van der Waals surface area contributed by atoms with Gasteiger partial charge in [-0.05, 0) is 42.5 Å². The number of aromatic nitrogens is 2. The third-order valence-electron chi connectivity index (χ3n) is 4.36. The molecule has 2 N–H and O–H groups in total. The van der Waals surface area contributed by atoms with E-state index in [-0.39, 0.29) is 12.1 Å². The van der Waals surface area contributed by atoms with E-state index in [1.807, 2.05) is 12.1 Å². The zero-order valence-electron chi connectivity index (χ0n) is 16.2. The number of thioether (sulfide) groups is 1. The molecule has 1 aromatic carbocycles. The number of hydrogen-bond donors (Lipinski definition) is 2. The fraction of sp³-hybridized carbons (Fsp3) is 0.143. The number of carbonyl (C=O) groups is 2. The van der Waals surface area contributed by atoms with E-state index in [9.17, 15) is 22.8 Å². The molecule has 3 aromatic rings. The van der Waals surface area contributed by atoms with Crippen molar-refractivity contribution < 1.29 is 22.8 Å². The van der Waals surface area contributed by atoms with Gasteiger partial charge in [0.05, 0.1) is 16.5 Å². The van der Waals surface area contributed by atoms with Crippen molar-refractivity contribution in [2.75, 3.05) is 10.6 Å². The van der Waals surface area contributed by atoms with Crippen LogP contribution in [0.5, 0.6) is 0 Å². The minimum absolute atomic E-state index is 0.0943. The predicted molar refractivity (Wildman–Crippen MR) is 116 cm³/mol. The highest BCUT2D eigenvalue weighted by Gasteiger charge is 2.34. The van der Waals surface area contributed by atoms with Crippen LogP contribution in [0, 0.1) is 0 Å². The van der Waals surface area contributed by atoms with E-state index in [0.29, 0.717) is 15.6 Å². The van der Waals surface area contributed by atoms with Crippen LogP contribution < -0.4 is 10.6 Å². The van der Waals surface area contributed by atoms with Gasteiger partial charge in [-0.2, -0.15) is 13.2 Å². The Morgan fingerprint density at radius 2 is 1.91 bits per heavy atom. The molecule has 2 amide bonds. The second-order valence-corrected chi connectivity index (χ2v) is 8.99. The molecule has 0 radical (unpaired) electrons. The quantitative estimate of drug-likeness (QED) is 0.534. The monoisotopic (exact) mass is 476 g/mol. The van der Waals surface area contributed by atoms with Crippen molar-refractivity contribution in [1.29, 1.82) is 0 Å². The molecule has 0 unspecified atom stereocenters. The van der Waals surface area contributed by atoms with E-state index in [1.54, 1.807) is 30.6 Å². The maximum absolute atomic E-state index is 12.9. The Hall–Kier alpha value is -3.05. The first-order valence-corrected chi connectivity index (χ1v) is 11.0. The van der Waals surface area contributed by atoms with Crippen molar-refractivity contribution in [3.05, 3.63) is 66.5 Å². The second kappa shape index (κ2) is 9.21. The van der Waals surface area contributed by atoms with Crippen LogP contribution in [-0.2, 0) is 15.8 Å². The van der Waals surface area contributed by atoms with Gasteiger partial charge < -0.3 is 10.6 Å². The predicted octanol–water partition coefficient (Wildman–Crippen LogP) is 5.09. The lowest BCUT2D eigenvalue weighted by molar-refractivity contribution is -0.137. The molecule has 0 bridgehead atoms. The molecule has 4 rings (SSSR count). The highest BCUT2D eigenvalue weighted by atomic mass is 32.2. The van der Waals surface area contributed by atoms with E-state index in [0.717, 1.165) is 28.9 Å². The van der Waals surface area contributed by atoms with Crippen molar-refractivity contribution in [3.8, 4) is 0 Å². The van der Waals surface area contributed by atoms with Crippen molar-refractivity contribution in [1.82, 2.24) is 9.97 Å². The fourth-order valence-corrected chi connectivity index (χ4v) is 4.76. The number of nitrogens with zero attached hydrogens (tertiary/aromatic N) is 2. The lowest BCUT2D eigenvalue weighted by Gasteiger charge is -2.24. The van der Waals surface area contributed by atoms with Crippen molar-refractivity contribution in [2.24, 2.45) is 0 Å². The Kier molecular flexibility index (Phi) is 6.38. The Bertz CT molecular complexity index is 1160. The van der Waals surface area contributed by atoms with Gasteiger partial charge in [0.2, 0.25) is 11.8 Å². The number of rotatable bonds is 5. The van der Waals surface area contributed by atoms with Crippen LogP contribution in [-0.4, -0.2) is 27.0 Å². The van der Waals surface area contributed by atoms with Crippen molar-refractivity contribution in [2.45, 2.75) is 32.8 Å². The van der Waals surface area contributed by atoms with Crippen LogP contribution >= 0.6 is 23.5 Å². The maximum Gasteiger partial charge on any atom is 0.416 e. The number of nitrogens with one attached hydrogen (secondary N) is 2. The van der Waals surface area contributed by atoms with Gasteiger partial charge in [-0.15, -0.1) is 11.8 Å². The van der Waals surface area contributed by atoms with E-state index < -0.39 is 28.8 Å². The second-order valence-electron chi connectivity index (χ2n) is 6.71. The molecule has 3 heterocycles. The Labute approximate surface area is 189 Å². The summed E-state index contributed by atoms with van der Waals surface area (Å²) in [6, 6.07) is 12.0. The van der Waals surface area contributed by atoms with E-state index in [4.69, 9.17) is 0 Å². The molecule has 6 nitrogen and oxygen atoms in total. The van der Waals surface area contributed by atoms with Crippen molar-refractivity contribution >= 4 is 46.7 Å². The number of halogens is 3. The summed E-state index contributed by atoms with van der Waals surface area (Å²) in [6.07, 6.45) is -1.41. The zero-order valence-corrected chi connectivity index (χ0v) is 17.9. The fourth-order valence-electron chi connectivity index (χ4n) is 2.90. The zero-order chi connectivity index (χ0) is 22.7. The molecular formula is C21H15F3N4O2S2. The molecule has 1 aliphatic rings. The number of anilines is 2. The molecule has 1 atom stereocenters. The Morgan fingerprint density at radius 3 is 2.66 bits per heavy atom. The number of hydrogen-bond acceptors (Lipinski definition) is 6. The van der Waals surface area contributed by atoms with Crippen LogP contribution in [0.4, 0.5) is 24.5 Å². The lowest BCUT2D eigenvalue weighted by atomic mass is 10.1. The summed E-state index contributed by atoms with van der Waals surface area (Å²) in [7, 11) is 0. The molecule has 164 valence electrons. The minimum atomic E-state index is -4.50. The molecule has 1 aliphatic heterocycles. The van der Waals surface area contributed by atoms with Crippen LogP contribution in [0.1, 0.15) is 12.0 Å². The van der Waals surface area contributed by atoms with Gasteiger partial charge in [0.25, 0.3) is 0 Å². The molecular weight excluding hydrogens is 461 g/mol.